The van der Waals surface area contributed by atoms with Crippen LogP contribution in [0.2, 0.25) is 0 Å². The fraction of sp³-hybridized carbons (Fsp3) is 0.762. The van der Waals surface area contributed by atoms with E-state index in [9.17, 15) is 9.90 Å². The van der Waals surface area contributed by atoms with Crippen molar-refractivity contribution in [3.8, 4) is 12.3 Å². The lowest BCUT2D eigenvalue weighted by molar-refractivity contribution is -0.119. The number of aliphatic hydroxyl groups is 1. The van der Waals surface area contributed by atoms with E-state index in [-0.39, 0.29) is 5.41 Å². The van der Waals surface area contributed by atoms with Gasteiger partial charge in [0.15, 0.2) is 0 Å². The molecule has 4 aliphatic rings. The summed E-state index contributed by atoms with van der Waals surface area (Å²) in [4.78, 5) is 11.9. The SMILES string of the molecule is C#C[C@]1(O)CC[C@H]2[C@H]3[C@H](CC[C@@]21C)C1=C(CC(=O)CC1)C[C@@H]3C. The highest BCUT2D eigenvalue weighted by molar-refractivity contribution is 5.82. The van der Waals surface area contributed by atoms with Gasteiger partial charge in [0.25, 0.3) is 0 Å². The van der Waals surface area contributed by atoms with Gasteiger partial charge >= 0.3 is 0 Å². The van der Waals surface area contributed by atoms with Gasteiger partial charge in [0, 0.05) is 18.3 Å². The van der Waals surface area contributed by atoms with Gasteiger partial charge in [0.2, 0.25) is 0 Å². The monoisotopic (exact) mass is 312 g/mol. The maximum Gasteiger partial charge on any atom is 0.137 e. The minimum atomic E-state index is -0.917. The third-order valence-corrected chi connectivity index (χ3v) is 7.93. The molecule has 0 aromatic rings. The Morgan fingerprint density at radius 2 is 2.04 bits per heavy atom. The summed E-state index contributed by atoms with van der Waals surface area (Å²) in [6.07, 6.45) is 13.2. The zero-order chi connectivity index (χ0) is 16.4. The zero-order valence-corrected chi connectivity index (χ0v) is 14.4. The number of hydrogen-bond donors (Lipinski definition) is 1. The summed E-state index contributed by atoms with van der Waals surface area (Å²) in [6, 6.07) is 0. The van der Waals surface area contributed by atoms with Gasteiger partial charge < -0.3 is 5.11 Å². The molecule has 1 N–H and O–H groups in total. The average Bonchev–Trinajstić information content (AvgIpc) is 2.79. The van der Waals surface area contributed by atoms with E-state index < -0.39 is 5.60 Å². The molecule has 2 nitrogen and oxygen atoms in total. The van der Waals surface area contributed by atoms with Crippen LogP contribution in [0.15, 0.2) is 11.1 Å². The van der Waals surface area contributed by atoms with Gasteiger partial charge in [0.1, 0.15) is 11.4 Å². The van der Waals surface area contributed by atoms with Crippen molar-refractivity contribution in [2.45, 2.75) is 70.8 Å². The Morgan fingerprint density at radius 3 is 2.78 bits per heavy atom. The van der Waals surface area contributed by atoms with Gasteiger partial charge in [0.05, 0.1) is 0 Å². The van der Waals surface area contributed by atoms with Crippen LogP contribution in [0.5, 0.6) is 0 Å². The number of hydrogen-bond acceptors (Lipinski definition) is 2. The molecule has 0 radical (unpaired) electrons. The number of terminal acetylenes is 1. The number of ketones is 1. The van der Waals surface area contributed by atoms with Crippen LogP contribution in [-0.4, -0.2) is 16.5 Å². The van der Waals surface area contributed by atoms with Crippen molar-refractivity contribution < 1.29 is 9.90 Å². The molecule has 0 aromatic carbocycles. The third kappa shape index (κ3) is 1.96. The predicted octanol–water partition coefficient (Wildman–Crippen LogP) is 3.88. The maximum atomic E-state index is 11.9. The van der Waals surface area contributed by atoms with E-state index >= 15 is 0 Å². The fourth-order valence-corrected chi connectivity index (χ4v) is 6.72. The normalized spacial score (nSPS) is 49.2. The molecule has 2 fully saturated rings. The van der Waals surface area contributed by atoms with Crippen LogP contribution in [0.1, 0.15) is 65.2 Å². The molecule has 0 saturated heterocycles. The second-order valence-corrected chi connectivity index (χ2v) is 8.82. The third-order valence-electron chi connectivity index (χ3n) is 7.93. The van der Waals surface area contributed by atoms with Gasteiger partial charge in [-0.2, -0.15) is 0 Å². The molecule has 2 saturated carbocycles. The summed E-state index contributed by atoms with van der Waals surface area (Å²) in [5.41, 5.74) is 2.04. The lowest BCUT2D eigenvalue weighted by Crippen LogP contribution is -2.52. The number of fused-ring (bicyclic) bond motifs is 4. The van der Waals surface area contributed by atoms with Crippen LogP contribution in [0.3, 0.4) is 0 Å². The minimum Gasteiger partial charge on any atom is -0.377 e. The standard InChI is InChI=1S/C21H28O2/c1-4-21(23)10-8-18-19-13(2)11-14-12-15(22)5-6-16(14)17(19)7-9-20(18,21)3/h1,13,17-19,23H,5-12H2,2-3H3/t13-,17+,18-,19+,20-,21-/m0/s1. The first-order valence-electron chi connectivity index (χ1n) is 9.32. The van der Waals surface area contributed by atoms with Crippen molar-refractivity contribution in [2.24, 2.45) is 29.1 Å². The van der Waals surface area contributed by atoms with E-state index in [0.717, 1.165) is 44.9 Å². The van der Waals surface area contributed by atoms with E-state index in [1.54, 1.807) is 5.57 Å². The van der Waals surface area contributed by atoms with E-state index in [4.69, 9.17) is 6.42 Å². The largest absolute Gasteiger partial charge is 0.377 e. The van der Waals surface area contributed by atoms with E-state index in [2.05, 4.69) is 19.8 Å². The van der Waals surface area contributed by atoms with Gasteiger partial charge in [-0.15, -0.1) is 6.42 Å². The van der Waals surface area contributed by atoms with Crippen molar-refractivity contribution in [2.75, 3.05) is 0 Å². The lowest BCUT2D eigenvalue weighted by Gasteiger charge is -2.55. The Kier molecular flexibility index (Phi) is 3.34. The topological polar surface area (TPSA) is 37.3 Å². The zero-order valence-electron chi connectivity index (χ0n) is 14.4. The molecule has 2 heteroatoms. The lowest BCUT2D eigenvalue weighted by atomic mass is 9.50. The molecule has 0 aliphatic heterocycles. The molecular weight excluding hydrogens is 284 g/mol. The molecule has 0 amide bonds. The highest BCUT2D eigenvalue weighted by Gasteiger charge is 2.62. The minimum absolute atomic E-state index is 0.125. The van der Waals surface area contributed by atoms with Crippen LogP contribution in [0.4, 0.5) is 0 Å². The first-order chi connectivity index (χ1) is 10.9. The van der Waals surface area contributed by atoms with Gasteiger partial charge in [-0.25, -0.2) is 0 Å². The van der Waals surface area contributed by atoms with Crippen LogP contribution in [-0.2, 0) is 4.79 Å². The van der Waals surface area contributed by atoms with Gasteiger partial charge in [-0.3, -0.25) is 4.79 Å². The molecule has 4 aliphatic carbocycles. The molecule has 4 rings (SSSR count). The number of rotatable bonds is 0. The second kappa shape index (κ2) is 4.96. The van der Waals surface area contributed by atoms with Crippen LogP contribution in [0.25, 0.3) is 0 Å². The van der Waals surface area contributed by atoms with Crippen molar-refractivity contribution in [3.05, 3.63) is 11.1 Å². The maximum absolute atomic E-state index is 11.9. The first kappa shape index (κ1) is 15.5. The summed E-state index contributed by atoms with van der Waals surface area (Å²) in [7, 11) is 0. The van der Waals surface area contributed by atoms with Crippen LogP contribution in [0, 0.1) is 41.4 Å². The Morgan fingerprint density at radius 1 is 1.26 bits per heavy atom. The van der Waals surface area contributed by atoms with Crippen molar-refractivity contribution in [1.29, 1.82) is 0 Å². The molecule has 23 heavy (non-hydrogen) atoms. The predicted molar refractivity (Wildman–Crippen MR) is 90.5 cm³/mol. The van der Waals surface area contributed by atoms with Crippen LogP contribution >= 0.6 is 0 Å². The molecule has 0 unspecified atom stereocenters. The number of Topliss-reactive ketones (excluding diaryl/α,β-unsaturated/α-hetero) is 1. The highest BCUT2D eigenvalue weighted by Crippen LogP contribution is 2.65. The summed E-state index contributed by atoms with van der Waals surface area (Å²) >= 11 is 0. The van der Waals surface area contributed by atoms with E-state index in [0.29, 0.717) is 35.9 Å². The molecule has 0 heterocycles. The summed E-state index contributed by atoms with van der Waals surface area (Å²) < 4.78 is 0. The Balaban J connectivity index is 1.72. The number of allylic oxidation sites excluding steroid dienone is 2. The second-order valence-electron chi connectivity index (χ2n) is 8.82. The molecule has 0 aromatic heterocycles. The summed E-state index contributed by atoms with van der Waals surface area (Å²) in [5, 5.41) is 11.0. The summed E-state index contributed by atoms with van der Waals surface area (Å²) in [6.45, 7) is 4.60. The van der Waals surface area contributed by atoms with Gasteiger partial charge in [-0.05, 0) is 62.2 Å². The van der Waals surface area contributed by atoms with E-state index in [1.165, 1.54) is 5.57 Å². The highest BCUT2D eigenvalue weighted by atomic mass is 16.3. The molecule has 0 spiro atoms. The summed E-state index contributed by atoms with van der Waals surface area (Å²) in [5.74, 6) is 5.60. The number of carbonyl (C=O) groups excluding carboxylic acids is 1. The quantitative estimate of drug-likeness (QED) is 0.544. The van der Waals surface area contributed by atoms with Gasteiger partial charge in [-0.1, -0.05) is 30.9 Å². The molecule has 124 valence electrons. The Bertz CT molecular complexity index is 624. The van der Waals surface area contributed by atoms with E-state index in [1.807, 2.05) is 0 Å². The van der Waals surface area contributed by atoms with Crippen molar-refractivity contribution >= 4 is 5.78 Å². The Hall–Kier alpha value is -1.07. The number of carbonyl (C=O) groups is 1. The first-order valence-corrected chi connectivity index (χ1v) is 9.32. The Labute approximate surface area is 139 Å². The smallest absolute Gasteiger partial charge is 0.137 e. The van der Waals surface area contributed by atoms with Crippen molar-refractivity contribution in [1.82, 2.24) is 0 Å². The fourth-order valence-electron chi connectivity index (χ4n) is 6.72. The van der Waals surface area contributed by atoms with Crippen molar-refractivity contribution in [3.63, 3.8) is 0 Å². The average molecular weight is 312 g/mol. The van der Waals surface area contributed by atoms with Crippen LogP contribution < -0.4 is 0 Å². The molecule has 6 atom stereocenters. The molecule has 0 bridgehead atoms. The molecular formula is C21H28O2.